The third-order valence-corrected chi connectivity index (χ3v) is 4.20. The summed E-state index contributed by atoms with van der Waals surface area (Å²) in [5.74, 6) is 0.647. The fourth-order valence-electron chi connectivity index (χ4n) is 3.01. The molecule has 0 spiro atoms. The minimum absolute atomic E-state index is 0.0677. The lowest BCUT2D eigenvalue weighted by Crippen LogP contribution is -2.06. The summed E-state index contributed by atoms with van der Waals surface area (Å²) < 4.78 is 3.29. The van der Waals surface area contributed by atoms with Crippen LogP contribution >= 0.6 is 0 Å². The molecule has 0 bridgehead atoms. The number of benzene rings is 1. The Hall–Kier alpha value is -3.36. The smallest absolute Gasteiger partial charge is 0.262 e. The van der Waals surface area contributed by atoms with Crippen molar-refractivity contribution in [3.8, 4) is 0 Å². The first-order valence-electron chi connectivity index (χ1n) is 7.82. The number of para-hydroxylation sites is 1. The summed E-state index contributed by atoms with van der Waals surface area (Å²) in [6.07, 6.45) is 2.16. The van der Waals surface area contributed by atoms with Crippen molar-refractivity contribution >= 4 is 22.2 Å². The van der Waals surface area contributed by atoms with Gasteiger partial charge in [-0.05, 0) is 26.0 Å². The van der Waals surface area contributed by atoms with Crippen molar-refractivity contribution in [2.45, 2.75) is 26.8 Å². The van der Waals surface area contributed by atoms with Gasteiger partial charge in [0.15, 0.2) is 11.5 Å². The van der Waals surface area contributed by atoms with Crippen molar-refractivity contribution in [1.82, 2.24) is 29.4 Å². The number of aromatic nitrogens is 6. The zero-order valence-electron chi connectivity index (χ0n) is 13.7. The van der Waals surface area contributed by atoms with Crippen LogP contribution in [0.5, 0.6) is 0 Å². The molecule has 0 atom stereocenters. The summed E-state index contributed by atoms with van der Waals surface area (Å²) in [6, 6.07) is 7.76. The molecule has 126 valence electrons. The van der Waals surface area contributed by atoms with Gasteiger partial charge in [0.1, 0.15) is 17.7 Å². The zero-order valence-corrected chi connectivity index (χ0v) is 13.7. The molecule has 0 saturated carbocycles. The van der Waals surface area contributed by atoms with E-state index in [0.717, 1.165) is 16.6 Å². The molecule has 3 heterocycles. The van der Waals surface area contributed by atoms with Crippen LogP contribution in [0.3, 0.4) is 0 Å². The van der Waals surface area contributed by atoms with Crippen LogP contribution in [0.2, 0.25) is 0 Å². The second-order valence-corrected chi connectivity index (χ2v) is 5.81. The van der Waals surface area contributed by atoms with Crippen LogP contribution in [-0.2, 0) is 13.0 Å². The molecule has 3 aromatic heterocycles. The molecular weight excluding hydrogens is 322 g/mol. The Morgan fingerprint density at radius 2 is 2.00 bits per heavy atom. The topological polar surface area (TPSA) is 104 Å². The van der Waals surface area contributed by atoms with E-state index in [1.807, 2.05) is 24.3 Å². The molecule has 0 aliphatic heterocycles. The van der Waals surface area contributed by atoms with Gasteiger partial charge in [-0.2, -0.15) is 5.10 Å². The average molecular weight is 337 g/mol. The standard InChI is InChI=1S/C16H15N7O2/c1-10-15(23(24)25)11(2)21(19-10)8-7-14-18-16-12-5-3-4-6-13(12)17-9-22(16)20-14/h3-6,9H,7-8H2,1-2H3. The third-order valence-electron chi connectivity index (χ3n) is 4.20. The SMILES string of the molecule is Cc1nn(CCc2nc3c4ccccc4ncn3n2)c(C)c1[N+](=O)[O-]. The maximum Gasteiger partial charge on any atom is 0.312 e. The lowest BCUT2D eigenvalue weighted by atomic mass is 10.2. The van der Waals surface area contributed by atoms with Crippen LogP contribution < -0.4 is 0 Å². The van der Waals surface area contributed by atoms with E-state index in [0.29, 0.717) is 30.2 Å². The molecule has 0 saturated heterocycles. The minimum Gasteiger partial charge on any atom is -0.262 e. The average Bonchev–Trinajstić information content (AvgIpc) is 3.13. The molecule has 0 radical (unpaired) electrons. The fourth-order valence-corrected chi connectivity index (χ4v) is 3.01. The van der Waals surface area contributed by atoms with Crippen molar-refractivity contribution in [1.29, 1.82) is 0 Å². The number of fused-ring (bicyclic) bond motifs is 3. The van der Waals surface area contributed by atoms with Crippen LogP contribution in [-0.4, -0.2) is 34.3 Å². The normalized spacial score (nSPS) is 11.4. The van der Waals surface area contributed by atoms with E-state index in [-0.39, 0.29) is 5.69 Å². The van der Waals surface area contributed by atoms with Crippen LogP contribution in [0, 0.1) is 24.0 Å². The molecule has 0 fully saturated rings. The minimum atomic E-state index is -0.394. The second kappa shape index (κ2) is 5.62. The number of nitro groups is 1. The van der Waals surface area contributed by atoms with Crippen molar-refractivity contribution < 1.29 is 4.92 Å². The number of rotatable bonds is 4. The third kappa shape index (κ3) is 2.49. The molecule has 0 aliphatic carbocycles. The Kier molecular flexibility index (Phi) is 3.41. The van der Waals surface area contributed by atoms with E-state index in [9.17, 15) is 10.1 Å². The van der Waals surface area contributed by atoms with Gasteiger partial charge >= 0.3 is 5.69 Å². The van der Waals surface area contributed by atoms with Crippen LogP contribution in [0.4, 0.5) is 5.69 Å². The van der Waals surface area contributed by atoms with E-state index in [4.69, 9.17) is 0 Å². The molecule has 0 amide bonds. The number of hydrogen-bond acceptors (Lipinski definition) is 6. The lowest BCUT2D eigenvalue weighted by molar-refractivity contribution is -0.386. The summed E-state index contributed by atoms with van der Waals surface area (Å²) in [5, 5.41) is 20.7. The first-order chi connectivity index (χ1) is 12.0. The maximum absolute atomic E-state index is 11.1. The van der Waals surface area contributed by atoms with Gasteiger partial charge in [0.25, 0.3) is 0 Å². The number of hydrogen-bond donors (Lipinski definition) is 0. The molecule has 4 rings (SSSR count). The van der Waals surface area contributed by atoms with Crippen molar-refractivity contribution in [3.05, 3.63) is 57.9 Å². The monoisotopic (exact) mass is 337 g/mol. The quantitative estimate of drug-likeness (QED) is 0.418. The Labute approximate surface area is 142 Å². The second-order valence-electron chi connectivity index (χ2n) is 5.81. The molecule has 0 N–H and O–H groups in total. The Morgan fingerprint density at radius 1 is 1.20 bits per heavy atom. The van der Waals surface area contributed by atoms with E-state index < -0.39 is 4.92 Å². The predicted octanol–water partition coefficient (Wildman–Crippen LogP) is 2.24. The number of nitrogens with zero attached hydrogens (tertiary/aromatic N) is 7. The summed E-state index contributed by atoms with van der Waals surface area (Å²) >= 11 is 0. The lowest BCUT2D eigenvalue weighted by Gasteiger charge is -2.00. The molecule has 9 nitrogen and oxygen atoms in total. The van der Waals surface area contributed by atoms with Gasteiger partial charge < -0.3 is 0 Å². The highest BCUT2D eigenvalue weighted by atomic mass is 16.6. The summed E-state index contributed by atoms with van der Waals surface area (Å²) in [7, 11) is 0. The molecule has 9 heteroatoms. The van der Waals surface area contributed by atoms with E-state index in [1.54, 1.807) is 29.4 Å². The van der Waals surface area contributed by atoms with Gasteiger partial charge in [-0.25, -0.2) is 14.5 Å². The number of aryl methyl sites for hydroxylation is 3. The van der Waals surface area contributed by atoms with E-state index in [1.165, 1.54) is 0 Å². The molecular formula is C16H15N7O2. The molecule has 0 unspecified atom stereocenters. The molecule has 4 aromatic rings. The Morgan fingerprint density at radius 3 is 2.76 bits per heavy atom. The predicted molar refractivity (Wildman–Crippen MR) is 90.3 cm³/mol. The van der Waals surface area contributed by atoms with E-state index in [2.05, 4.69) is 20.2 Å². The highest BCUT2D eigenvalue weighted by Crippen LogP contribution is 2.22. The van der Waals surface area contributed by atoms with E-state index >= 15 is 0 Å². The zero-order chi connectivity index (χ0) is 17.6. The molecule has 1 aromatic carbocycles. The fraction of sp³-hybridized carbons (Fsp3) is 0.250. The molecule has 25 heavy (non-hydrogen) atoms. The van der Waals surface area contributed by atoms with Crippen LogP contribution in [0.1, 0.15) is 17.2 Å². The summed E-state index contributed by atoms with van der Waals surface area (Å²) in [4.78, 5) is 19.6. The Balaban J connectivity index is 1.65. The summed E-state index contributed by atoms with van der Waals surface area (Å²) in [6.45, 7) is 3.82. The van der Waals surface area contributed by atoms with Gasteiger partial charge in [-0.1, -0.05) is 12.1 Å². The van der Waals surface area contributed by atoms with Crippen LogP contribution in [0.15, 0.2) is 30.6 Å². The van der Waals surface area contributed by atoms with Crippen molar-refractivity contribution in [2.24, 2.45) is 0 Å². The Bertz CT molecular complexity index is 1110. The first-order valence-corrected chi connectivity index (χ1v) is 7.82. The van der Waals surface area contributed by atoms with Gasteiger partial charge in [0.05, 0.1) is 10.4 Å². The van der Waals surface area contributed by atoms with Crippen LogP contribution in [0.25, 0.3) is 16.6 Å². The van der Waals surface area contributed by atoms with Crippen molar-refractivity contribution in [2.75, 3.05) is 0 Å². The maximum atomic E-state index is 11.1. The van der Waals surface area contributed by atoms with Gasteiger partial charge in [0.2, 0.25) is 0 Å². The molecule has 0 aliphatic rings. The highest BCUT2D eigenvalue weighted by molar-refractivity contribution is 5.90. The van der Waals surface area contributed by atoms with Gasteiger partial charge in [-0.3, -0.25) is 14.8 Å². The van der Waals surface area contributed by atoms with Crippen molar-refractivity contribution in [3.63, 3.8) is 0 Å². The van der Waals surface area contributed by atoms with Gasteiger partial charge in [0, 0.05) is 18.4 Å². The largest absolute Gasteiger partial charge is 0.312 e. The first kappa shape index (κ1) is 15.2. The van der Waals surface area contributed by atoms with Gasteiger partial charge in [-0.15, -0.1) is 5.10 Å². The highest BCUT2D eigenvalue weighted by Gasteiger charge is 2.21. The summed E-state index contributed by atoms with van der Waals surface area (Å²) in [5.41, 5.74) is 2.64.